The van der Waals surface area contributed by atoms with E-state index in [4.69, 9.17) is 10.5 Å². The van der Waals surface area contributed by atoms with Crippen molar-refractivity contribution in [2.45, 2.75) is 25.8 Å². The molecule has 4 N–H and O–H groups in total. The van der Waals surface area contributed by atoms with Crippen LogP contribution in [-0.2, 0) is 4.79 Å². The molecule has 4 aromatic rings. The number of aryl methyl sites for hydroxylation is 1. The standard InChI is InChI=1S/C31H28N6O4S/c1-19-17-22(41-21-8-3-2-4-9-21)11-12-23(19)37-24-13-15-33-30-26(24)27(35-31(37)40)28(42-30)29(39)34-20-7-6-16-36(18-20)25(38)10-5-14-32/h2-4,8-9,11-13,15,17,20H,6-7,14,16,18,32H2,1H3,(H,34,39)(H,35,40)/t20-/m1/s1. The fourth-order valence-electron chi connectivity index (χ4n) is 5.29. The molecule has 11 heteroatoms. The average molecular weight is 581 g/mol. The molecule has 0 saturated carbocycles. The summed E-state index contributed by atoms with van der Waals surface area (Å²) >= 11 is 1.22. The zero-order chi connectivity index (χ0) is 29.2. The fraction of sp³-hybridized carbons (Fsp3) is 0.226. The summed E-state index contributed by atoms with van der Waals surface area (Å²) in [5.41, 5.74) is 8.00. The molecular weight excluding hydrogens is 552 g/mol. The minimum absolute atomic E-state index is 0.112. The highest BCUT2D eigenvalue weighted by Crippen LogP contribution is 2.46. The highest BCUT2D eigenvalue weighted by molar-refractivity contribution is 7.21. The van der Waals surface area contributed by atoms with E-state index in [-0.39, 0.29) is 30.4 Å². The van der Waals surface area contributed by atoms with Gasteiger partial charge in [-0.3, -0.25) is 14.5 Å². The van der Waals surface area contributed by atoms with Crippen molar-refractivity contribution < 1.29 is 19.1 Å². The number of rotatable bonds is 5. The number of thiophene rings is 1. The van der Waals surface area contributed by atoms with Gasteiger partial charge in [-0.1, -0.05) is 24.1 Å². The molecule has 1 fully saturated rings. The second-order valence-electron chi connectivity index (χ2n) is 10.0. The highest BCUT2D eigenvalue weighted by atomic mass is 32.1. The Morgan fingerprint density at radius 3 is 2.79 bits per heavy atom. The summed E-state index contributed by atoms with van der Waals surface area (Å²) in [6.45, 7) is 2.97. The van der Waals surface area contributed by atoms with Crippen molar-refractivity contribution in [2.24, 2.45) is 5.73 Å². The number of aromatic nitrogens is 1. The lowest BCUT2D eigenvalue weighted by Gasteiger charge is -2.32. The largest absolute Gasteiger partial charge is 0.457 e. The normalized spacial score (nSPS) is 16.0. The Hall–Kier alpha value is -4.92. The molecule has 0 unspecified atom stereocenters. The molecule has 0 bridgehead atoms. The monoisotopic (exact) mass is 580 g/mol. The molecular formula is C31H28N6O4S. The summed E-state index contributed by atoms with van der Waals surface area (Å²) in [5.74, 6) is 5.89. The molecule has 212 valence electrons. The van der Waals surface area contributed by atoms with Crippen molar-refractivity contribution in [3.8, 4) is 23.3 Å². The van der Waals surface area contributed by atoms with Gasteiger partial charge in [0.05, 0.1) is 29.0 Å². The summed E-state index contributed by atoms with van der Waals surface area (Å²) in [7, 11) is 0. The van der Waals surface area contributed by atoms with Crippen molar-refractivity contribution in [3.63, 3.8) is 0 Å². The van der Waals surface area contributed by atoms with Crippen LogP contribution in [-0.4, -0.2) is 53.4 Å². The molecule has 10 nitrogen and oxygen atoms in total. The van der Waals surface area contributed by atoms with Crippen molar-refractivity contribution in [2.75, 3.05) is 29.9 Å². The molecule has 0 radical (unpaired) electrons. The highest BCUT2D eigenvalue weighted by Gasteiger charge is 2.34. The van der Waals surface area contributed by atoms with E-state index in [1.165, 1.54) is 11.3 Å². The van der Waals surface area contributed by atoms with Gasteiger partial charge in [-0.15, -0.1) is 11.3 Å². The zero-order valence-electron chi connectivity index (χ0n) is 22.8. The molecule has 2 aromatic carbocycles. The number of nitrogens with zero attached hydrogens (tertiary/aromatic N) is 3. The van der Waals surface area contributed by atoms with Crippen LogP contribution in [0.2, 0.25) is 0 Å². The lowest BCUT2D eigenvalue weighted by molar-refractivity contribution is -0.126. The van der Waals surface area contributed by atoms with Crippen LogP contribution in [0.1, 0.15) is 28.1 Å². The Kier molecular flexibility index (Phi) is 7.48. The van der Waals surface area contributed by atoms with Crippen LogP contribution in [0.25, 0.3) is 10.2 Å². The van der Waals surface area contributed by atoms with Gasteiger partial charge in [0, 0.05) is 25.3 Å². The third-order valence-electron chi connectivity index (χ3n) is 7.18. The van der Waals surface area contributed by atoms with E-state index in [0.29, 0.717) is 51.0 Å². The van der Waals surface area contributed by atoms with E-state index >= 15 is 0 Å². The number of anilines is 3. The molecule has 0 spiro atoms. The minimum Gasteiger partial charge on any atom is -0.457 e. The smallest absolute Gasteiger partial charge is 0.331 e. The zero-order valence-corrected chi connectivity index (χ0v) is 23.7. The van der Waals surface area contributed by atoms with Crippen molar-refractivity contribution in [3.05, 3.63) is 71.2 Å². The van der Waals surface area contributed by atoms with Crippen LogP contribution >= 0.6 is 11.3 Å². The van der Waals surface area contributed by atoms with Gasteiger partial charge in [0.15, 0.2) is 0 Å². The van der Waals surface area contributed by atoms with Crippen molar-refractivity contribution in [1.82, 2.24) is 15.2 Å². The summed E-state index contributed by atoms with van der Waals surface area (Å²) in [6.07, 6.45) is 3.11. The predicted octanol–water partition coefficient (Wildman–Crippen LogP) is 4.76. The first kappa shape index (κ1) is 27.3. The van der Waals surface area contributed by atoms with Gasteiger partial charge < -0.3 is 26.0 Å². The third kappa shape index (κ3) is 5.25. The quantitative estimate of drug-likeness (QED) is 0.292. The number of likely N-dealkylation sites (tertiary alicyclic amines) is 1. The Morgan fingerprint density at radius 1 is 1.17 bits per heavy atom. The van der Waals surface area contributed by atoms with Gasteiger partial charge >= 0.3 is 6.03 Å². The number of carbonyl (C=O) groups excluding carboxylic acids is 3. The number of amides is 4. The van der Waals surface area contributed by atoms with Gasteiger partial charge in [-0.25, -0.2) is 9.78 Å². The molecule has 1 saturated heterocycles. The average Bonchev–Trinajstić information content (AvgIpc) is 3.37. The lowest BCUT2D eigenvalue weighted by Crippen LogP contribution is -2.49. The van der Waals surface area contributed by atoms with Crippen molar-refractivity contribution >= 4 is 56.5 Å². The predicted molar refractivity (Wildman–Crippen MR) is 162 cm³/mol. The van der Waals surface area contributed by atoms with E-state index in [1.807, 2.05) is 55.5 Å². The maximum atomic E-state index is 13.6. The number of carbonyl (C=O) groups is 3. The number of para-hydroxylation sites is 1. The fourth-order valence-corrected chi connectivity index (χ4v) is 6.31. The number of piperidine rings is 1. The van der Waals surface area contributed by atoms with Crippen LogP contribution in [0.15, 0.2) is 60.8 Å². The summed E-state index contributed by atoms with van der Waals surface area (Å²) in [5, 5.41) is 6.69. The first-order valence-corrected chi connectivity index (χ1v) is 14.4. The number of ether oxygens (including phenoxy) is 1. The summed E-state index contributed by atoms with van der Waals surface area (Å²) in [6, 6.07) is 16.2. The first-order valence-electron chi connectivity index (χ1n) is 13.6. The number of nitrogens with two attached hydrogens (primary N) is 1. The molecule has 6 rings (SSSR count). The van der Waals surface area contributed by atoms with Crippen molar-refractivity contribution in [1.29, 1.82) is 0 Å². The first-order chi connectivity index (χ1) is 20.4. The maximum absolute atomic E-state index is 13.6. The molecule has 1 atom stereocenters. The van der Waals surface area contributed by atoms with Gasteiger partial charge in [0.25, 0.3) is 11.8 Å². The molecule has 0 aliphatic carbocycles. The second-order valence-corrected chi connectivity index (χ2v) is 11.0. The number of urea groups is 1. The van der Waals surface area contributed by atoms with Crippen LogP contribution in [0.3, 0.4) is 0 Å². The molecule has 4 amide bonds. The third-order valence-corrected chi connectivity index (χ3v) is 8.28. The maximum Gasteiger partial charge on any atom is 0.331 e. The molecule has 2 aliphatic rings. The van der Waals surface area contributed by atoms with Gasteiger partial charge in [0.2, 0.25) is 0 Å². The van der Waals surface area contributed by atoms with E-state index in [9.17, 15) is 14.4 Å². The van der Waals surface area contributed by atoms with E-state index in [2.05, 4.69) is 27.5 Å². The second kappa shape index (κ2) is 11.5. The number of benzene rings is 2. The number of hydrogen-bond donors (Lipinski definition) is 3. The minimum atomic E-state index is -0.379. The van der Waals surface area contributed by atoms with Crippen LogP contribution in [0.5, 0.6) is 11.5 Å². The lowest BCUT2D eigenvalue weighted by atomic mass is 10.1. The molecule has 2 aliphatic heterocycles. The van der Waals surface area contributed by atoms with E-state index in [1.54, 1.807) is 22.1 Å². The molecule has 42 heavy (non-hydrogen) atoms. The Balaban J connectivity index is 1.26. The van der Waals surface area contributed by atoms with Gasteiger partial charge in [-0.2, -0.15) is 0 Å². The number of nitrogens with one attached hydrogen (secondary N) is 2. The van der Waals surface area contributed by atoms with Crippen LogP contribution < -0.4 is 26.0 Å². The Labute approximate surface area is 246 Å². The molecule has 4 heterocycles. The van der Waals surface area contributed by atoms with Crippen LogP contribution in [0.4, 0.5) is 21.9 Å². The van der Waals surface area contributed by atoms with E-state index < -0.39 is 0 Å². The van der Waals surface area contributed by atoms with Gasteiger partial charge in [0.1, 0.15) is 21.2 Å². The Morgan fingerprint density at radius 2 is 2.00 bits per heavy atom. The molecule has 2 aromatic heterocycles. The van der Waals surface area contributed by atoms with Crippen LogP contribution in [0, 0.1) is 18.8 Å². The van der Waals surface area contributed by atoms with E-state index in [0.717, 1.165) is 24.2 Å². The number of pyridine rings is 1. The summed E-state index contributed by atoms with van der Waals surface area (Å²) < 4.78 is 5.97. The SMILES string of the molecule is Cc1cc(Oc2ccccc2)ccc1N1C(=O)Nc2c(C(=O)N[C@@H]3CCCN(C(=O)C#CCN)C3)sc3nccc1c23. The summed E-state index contributed by atoms with van der Waals surface area (Å²) in [4.78, 5) is 48.1. The topological polar surface area (TPSA) is 130 Å². The Bertz CT molecular complexity index is 1760. The number of hydrogen-bond acceptors (Lipinski definition) is 7. The van der Waals surface area contributed by atoms with Gasteiger partial charge in [-0.05, 0) is 67.6 Å².